The molecule has 3 unspecified atom stereocenters. The fraction of sp³-hybridized carbons (Fsp3) is 1.00. The number of rotatable bonds is 4. The van der Waals surface area contributed by atoms with Crippen LogP contribution in [0.5, 0.6) is 0 Å². The molecule has 2 aliphatic rings. The quantitative estimate of drug-likeness (QED) is 0.800. The number of aliphatic hydroxyl groups is 1. The van der Waals surface area contributed by atoms with Crippen molar-refractivity contribution >= 4 is 0 Å². The molecule has 4 nitrogen and oxygen atoms in total. The van der Waals surface area contributed by atoms with E-state index in [0.29, 0.717) is 12.1 Å². The highest BCUT2D eigenvalue weighted by molar-refractivity contribution is 4.95. The van der Waals surface area contributed by atoms with Crippen LogP contribution >= 0.6 is 0 Å². The lowest BCUT2D eigenvalue weighted by Crippen LogP contribution is -2.57. The number of nitrogens with two attached hydrogens (primary N) is 1. The molecule has 2 rings (SSSR count). The molecule has 1 aliphatic carbocycles. The maximum atomic E-state index is 9.46. The molecule has 2 fully saturated rings. The van der Waals surface area contributed by atoms with E-state index in [-0.39, 0.29) is 12.1 Å². The van der Waals surface area contributed by atoms with Crippen LogP contribution in [0.1, 0.15) is 46.0 Å². The number of piperazine rings is 1. The number of aliphatic hydroxyl groups excluding tert-OH is 1. The second kappa shape index (κ2) is 6.53. The van der Waals surface area contributed by atoms with E-state index in [1.165, 1.54) is 25.9 Å². The van der Waals surface area contributed by atoms with Crippen molar-refractivity contribution in [2.45, 2.75) is 63.6 Å². The van der Waals surface area contributed by atoms with Crippen LogP contribution in [0, 0.1) is 0 Å². The molecule has 3 N–H and O–H groups in total. The zero-order valence-electron chi connectivity index (χ0n) is 12.6. The largest absolute Gasteiger partial charge is 0.394 e. The predicted molar refractivity (Wildman–Crippen MR) is 79.2 cm³/mol. The van der Waals surface area contributed by atoms with E-state index in [0.717, 1.165) is 32.4 Å². The third-order valence-electron chi connectivity index (χ3n) is 5.25. The van der Waals surface area contributed by atoms with Crippen molar-refractivity contribution in [3.8, 4) is 0 Å². The SMILES string of the molecule is CCC(C)N1CCN(C2CCCC(N)(CO)C2)CC1. The van der Waals surface area contributed by atoms with Gasteiger partial charge in [0, 0.05) is 43.8 Å². The summed E-state index contributed by atoms with van der Waals surface area (Å²) in [6, 6.07) is 1.30. The van der Waals surface area contributed by atoms with Crippen LogP contribution < -0.4 is 5.73 Å². The Morgan fingerprint density at radius 3 is 2.58 bits per heavy atom. The van der Waals surface area contributed by atoms with Crippen LogP contribution in [0.15, 0.2) is 0 Å². The lowest BCUT2D eigenvalue weighted by atomic mass is 9.79. The van der Waals surface area contributed by atoms with Crippen molar-refractivity contribution in [1.29, 1.82) is 0 Å². The van der Waals surface area contributed by atoms with Crippen molar-refractivity contribution in [1.82, 2.24) is 9.80 Å². The normalized spacial score (nSPS) is 36.3. The Hall–Kier alpha value is -0.160. The Morgan fingerprint density at radius 2 is 2.00 bits per heavy atom. The third-order valence-corrected chi connectivity index (χ3v) is 5.25. The van der Waals surface area contributed by atoms with Gasteiger partial charge in [0.15, 0.2) is 0 Å². The smallest absolute Gasteiger partial charge is 0.0611 e. The van der Waals surface area contributed by atoms with Crippen molar-refractivity contribution in [2.75, 3.05) is 32.8 Å². The summed E-state index contributed by atoms with van der Waals surface area (Å²) in [4.78, 5) is 5.20. The molecule has 1 saturated heterocycles. The molecule has 0 aromatic rings. The van der Waals surface area contributed by atoms with Gasteiger partial charge in [0.2, 0.25) is 0 Å². The maximum absolute atomic E-state index is 9.46. The van der Waals surface area contributed by atoms with Crippen molar-refractivity contribution in [3.05, 3.63) is 0 Å². The molecule has 0 aromatic heterocycles. The summed E-state index contributed by atoms with van der Waals surface area (Å²) in [6.07, 6.45) is 5.59. The van der Waals surface area contributed by atoms with E-state index < -0.39 is 0 Å². The molecular formula is C15H31N3O. The first-order chi connectivity index (χ1) is 9.08. The number of hydrogen-bond acceptors (Lipinski definition) is 4. The third kappa shape index (κ3) is 3.69. The maximum Gasteiger partial charge on any atom is 0.0611 e. The fourth-order valence-electron chi connectivity index (χ4n) is 3.62. The topological polar surface area (TPSA) is 52.7 Å². The zero-order chi connectivity index (χ0) is 13.9. The second-order valence-electron chi connectivity index (χ2n) is 6.60. The van der Waals surface area contributed by atoms with Gasteiger partial charge >= 0.3 is 0 Å². The summed E-state index contributed by atoms with van der Waals surface area (Å²) in [5.41, 5.74) is 5.94. The molecule has 0 radical (unpaired) electrons. The van der Waals surface area contributed by atoms with Gasteiger partial charge in [0.1, 0.15) is 0 Å². The molecule has 0 aromatic carbocycles. The predicted octanol–water partition coefficient (Wildman–Crippen LogP) is 1.03. The molecule has 0 spiro atoms. The average molecular weight is 269 g/mol. The molecule has 0 bridgehead atoms. The van der Waals surface area contributed by atoms with E-state index in [1.807, 2.05) is 0 Å². The van der Waals surface area contributed by atoms with Crippen molar-refractivity contribution in [2.24, 2.45) is 5.73 Å². The Kier molecular flexibility index (Phi) is 5.23. The van der Waals surface area contributed by atoms with Crippen LogP contribution in [-0.4, -0.2) is 65.3 Å². The van der Waals surface area contributed by atoms with Gasteiger partial charge in [-0.05, 0) is 39.0 Å². The zero-order valence-corrected chi connectivity index (χ0v) is 12.6. The lowest BCUT2D eigenvalue weighted by molar-refractivity contribution is 0.0343. The fourth-order valence-corrected chi connectivity index (χ4v) is 3.62. The number of hydrogen-bond donors (Lipinski definition) is 2. The van der Waals surface area contributed by atoms with Gasteiger partial charge in [-0.15, -0.1) is 0 Å². The second-order valence-corrected chi connectivity index (χ2v) is 6.60. The summed E-state index contributed by atoms with van der Waals surface area (Å²) in [5.74, 6) is 0. The first-order valence-electron chi connectivity index (χ1n) is 7.96. The van der Waals surface area contributed by atoms with Crippen LogP contribution in [0.2, 0.25) is 0 Å². The molecule has 112 valence electrons. The van der Waals surface area contributed by atoms with E-state index in [4.69, 9.17) is 5.73 Å². The highest BCUT2D eigenvalue weighted by atomic mass is 16.3. The van der Waals surface area contributed by atoms with Crippen LogP contribution in [0.4, 0.5) is 0 Å². The van der Waals surface area contributed by atoms with Gasteiger partial charge in [0.25, 0.3) is 0 Å². The van der Waals surface area contributed by atoms with Gasteiger partial charge < -0.3 is 10.8 Å². The summed E-state index contributed by atoms with van der Waals surface area (Å²) in [7, 11) is 0. The summed E-state index contributed by atoms with van der Waals surface area (Å²) in [5, 5.41) is 9.46. The van der Waals surface area contributed by atoms with E-state index in [9.17, 15) is 5.11 Å². The van der Waals surface area contributed by atoms with Crippen LogP contribution in [-0.2, 0) is 0 Å². The van der Waals surface area contributed by atoms with Gasteiger partial charge in [-0.2, -0.15) is 0 Å². The van der Waals surface area contributed by atoms with E-state index in [1.54, 1.807) is 0 Å². The summed E-state index contributed by atoms with van der Waals surface area (Å²) in [6.45, 7) is 9.42. The van der Waals surface area contributed by atoms with Crippen LogP contribution in [0.3, 0.4) is 0 Å². The molecule has 1 aliphatic heterocycles. The Labute approximate surface area is 117 Å². The monoisotopic (exact) mass is 269 g/mol. The number of nitrogens with zero attached hydrogens (tertiary/aromatic N) is 2. The first kappa shape index (κ1) is 15.2. The van der Waals surface area contributed by atoms with Gasteiger partial charge in [-0.3, -0.25) is 9.80 Å². The Bertz CT molecular complexity index is 279. The lowest BCUT2D eigenvalue weighted by Gasteiger charge is -2.46. The van der Waals surface area contributed by atoms with E-state index in [2.05, 4.69) is 23.6 Å². The van der Waals surface area contributed by atoms with Crippen LogP contribution in [0.25, 0.3) is 0 Å². The first-order valence-corrected chi connectivity index (χ1v) is 7.96. The van der Waals surface area contributed by atoms with Gasteiger partial charge in [0.05, 0.1) is 6.61 Å². The van der Waals surface area contributed by atoms with Gasteiger partial charge in [-0.25, -0.2) is 0 Å². The molecular weight excluding hydrogens is 238 g/mol. The van der Waals surface area contributed by atoms with Crippen molar-refractivity contribution < 1.29 is 5.11 Å². The minimum atomic E-state index is -0.323. The molecule has 19 heavy (non-hydrogen) atoms. The highest BCUT2D eigenvalue weighted by Crippen LogP contribution is 2.29. The molecule has 0 amide bonds. The Morgan fingerprint density at radius 1 is 1.32 bits per heavy atom. The van der Waals surface area contributed by atoms with E-state index >= 15 is 0 Å². The standard InChI is InChI=1S/C15H31N3O/c1-3-13(2)17-7-9-18(10-8-17)14-5-4-6-15(16,11-14)12-19/h13-14,19H,3-12,16H2,1-2H3. The highest BCUT2D eigenvalue weighted by Gasteiger charge is 2.36. The summed E-state index contributed by atoms with van der Waals surface area (Å²) < 4.78 is 0. The minimum absolute atomic E-state index is 0.135. The van der Waals surface area contributed by atoms with Crippen molar-refractivity contribution in [3.63, 3.8) is 0 Å². The molecule has 1 heterocycles. The average Bonchev–Trinajstić information content (AvgIpc) is 2.46. The Balaban J connectivity index is 1.84. The minimum Gasteiger partial charge on any atom is -0.394 e. The molecule has 1 saturated carbocycles. The van der Waals surface area contributed by atoms with Gasteiger partial charge in [-0.1, -0.05) is 6.92 Å². The summed E-state index contributed by atoms with van der Waals surface area (Å²) >= 11 is 0. The molecule has 3 atom stereocenters. The molecule has 4 heteroatoms.